The molecule has 130 valence electrons. The van der Waals surface area contributed by atoms with Gasteiger partial charge < -0.3 is 9.32 Å². The topological polar surface area (TPSA) is 77.0 Å². The third-order valence-corrected chi connectivity index (χ3v) is 5.21. The van der Waals surface area contributed by atoms with Gasteiger partial charge in [0.25, 0.3) is 5.91 Å². The highest BCUT2D eigenvalue weighted by atomic mass is 32.1. The van der Waals surface area contributed by atoms with Crippen LogP contribution in [0.5, 0.6) is 0 Å². The Morgan fingerprint density at radius 1 is 1.32 bits per heavy atom. The predicted octanol–water partition coefficient (Wildman–Crippen LogP) is 3.03. The molecule has 1 aliphatic rings. The summed E-state index contributed by atoms with van der Waals surface area (Å²) in [7, 11) is 0. The zero-order chi connectivity index (χ0) is 17.2. The van der Waals surface area contributed by atoms with Gasteiger partial charge >= 0.3 is 0 Å². The van der Waals surface area contributed by atoms with Crippen molar-refractivity contribution in [2.45, 2.75) is 32.2 Å². The van der Waals surface area contributed by atoms with Crippen molar-refractivity contribution in [3.63, 3.8) is 0 Å². The molecular weight excluding hydrogens is 338 g/mol. The standard InChI is InChI=1S/C17H19N5O2S/c1-2-22-9-5-14(20-22)17(23)21-7-3-12(4-8-21)15-18-19-16(24-15)13-6-10-25-11-13/h5-6,9-12H,2-4,7-8H2,1H3. The predicted molar refractivity (Wildman–Crippen MR) is 93.4 cm³/mol. The fourth-order valence-corrected chi connectivity index (χ4v) is 3.68. The van der Waals surface area contributed by atoms with Gasteiger partial charge in [-0.25, -0.2) is 0 Å². The lowest BCUT2D eigenvalue weighted by atomic mass is 9.96. The summed E-state index contributed by atoms with van der Waals surface area (Å²) >= 11 is 1.60. The molecule has 4 heterocycles. The maximum absolute atomic E-state index is 12.5. The lowest BCUT2D eigenvalue weighted by Crippen LogP contribution is -2.38. The van der Waals surface area contributed by atoms with Gasteiger partial charge in [-0.15, -0.1) is 10.2 Å². The van der Waals surface area contributed by atoms with Crippen LogP contribution in [0, 0.1) is 0 Å². The van der Waals surface area contributed by atoms with Crippen LogP contribution in [0.4, 0.5) is 0 Å². The number of piperidine rings is 1. The van der Waals surface area contributed by atoms with Crippen molar-refractivity contribution in [3.05, 3.63) is 40.7 Å². The molecule has 0 unspecified atom stereocenters. The van der Waals surface area contributed by atoms with E-state index in [1.165, 1.54) is 0 Å². The van der Waals surface area contributed by atoms with Crippen molar-refractivity contribution in [1.82, 2.24) is 24.9 Å². The van der Waals surface area contributed by atoms with Crippen molar-refractivity contribution in [2.24, 2.45) is 0 Å². The maximum atomic E-state index is 12.5. The van der Waals surface area contributed by atoms with E-state index in [4.69, 9.17) is 4.42 Å². The Labute approximate surface area is 149 Å². The number of aryl methyl sites for hydroxylation is 1. The van der Waals surface area contributed by atoms with Crippen molar-refractivity contribution >= 4 is 17.2 Å². The third-order valence-electron chi connectivity index (χ3n) is 4.52. The average Bonchev–Trinajstić information content (AvgIpc) is 3.42. The molecule has 0 aliphatic carbocycles. The van der Waals surface area contributed by atoms with Gasteiger partial charge in [-0.2, -0.15) is 16.4 Å². The van der Waals surface area contributed by atoms with E-state index in [0.29, 0.717) is 30.6 Å². The summed E-state index contributed by atoms with van der Waals surface area (Å²) in [6.07, 6.45) is 3.49. The third kappa shape index (κ3) is 3.21. The number of rotatable bonds is 4. The number of amides is 1. The van der Waals surface area contributed by atoms with Crippen molar-refractivity contribution in [3.8, 4) is 11.5 Å². The molecule has 0 radical (unpaired) electrons. The first kappa shape index (κ1) is 16.0. The normalized spacial score (nSPS) is 15.6. The maximum Gasteiger partial charge on any atom is 0.274 e. The van der Waals surface area contributed by atoms with Gasteiger partial charge in [0.2, 0.25) is 11.8 Å². The molecule has 1 fully saturated rings. The first-order valence-corrected chi connectivity index (χ1v) is 9.37. The lowest BCUT2D eigenvalue weighted by molar-refractivity contribution is 0.0699. The van der Waals surface area contributed by atoms with Gasteiger partial charge in [-0.3, -0.25) is 9.48 Å². The number of nitrogens with zero attached hydrogens (tertiary/aromatic N) is 5. The summed E-state index contributed by atoms with van der Waals surface area (Å²) < 4.78 is 7.60. The van der Waals surface area contributed by atoms with Gasteiger partial charge in [0.05, 0.1) is 0 Å². The van der Waals surface area contributed by atoms with Crippen LogP contribution >= 0.6 is 11.3 Å². The van der Waals surface area contributed by atoms with Crippen LogP contribution in [0.25, 0.3) is 11.5 Å². The van der Waals surface area contributed by atoms with E-state index in [9.17, 15) is 4.79 Å². The highest BCUT2D eigenvalue weighted by Gasteiger charge is 2.28. The van der Waals surface area contributed by atoms with Crippen LogP contribution in [0.15, 0.2) is 33.5 Å². The van der Waals surface area contributed by atoms with Gasteiger partial charge in [-0.05, 0) is 37.3 Å². The van der Waals surface area contributed by atoms with E-state index in [1.54, 1.807) is 22.1 Å². The quantitative estimate of drug-likeness (QED) is 0.717. The zero-order valence-corrected chi connectivity index (χ0v) is 14.8. The molecule has 0 bridgehead atoms. The van der Waals surface area contributed by atoms with Crippen LogP contribution in [-0.4, -0.2) is 43.9 Å². The second-order valence-corrected chi connectivity index (χ2v) is 6.86. The minimum absolute atomic E-state index is 0.00450. The first-order chi connectivity index (χ1) is 12.2. The summed E-state index contributed by atoms with van der Waals surface area (Å²) in [6.45, 7) is 4.12. The van der Waals surface area contributed by atoms with Crippen LogP contribution in [-0.2, 0) is 6.54 Å². The van der Waals surface area contributed by atoms with E-state index in [1.807, 2.05) is 34.8 Å². The minimum atomic E-state index is -0.00450. The van der Waals surface area contributed by atoms with Crippen LogP contribution in [0.3, 0.4) is 0 Å². The molecule has 3 aromatic rings. The second kappa shape index (κ2) is 6.79. The molecule has 0 saturated carbocycles. The molecule has 1 amide bonds. The second-order valence-electron chi connectivity index (χ2n) is 6.08. The summed E-state index contributed by atoms with van der Waals surface area (Å²) in [5.41, 5.74) is 1.47. The molecule has 1 aliphatic heterocycles. The Balaban J connectivity index is 1.39. The Morgan fingerprint density at radius 2 is 2.16 bits per heavy atom. The summed E-state index contributed by atoms with van der Waals surface area (Å²) in [6, 6.07) is 3.75. The highest BCUT2D eigenvalue weighted by Crippen LogP contribution is 2.30. The van der Waals surface area contributed by atoms with E-state index in [-0.39, 0.29) is 11.8 Å². The Morgan fingerprint density at radius 3 is 2.84 bits per heavy atom. The van der Waals surface area contributed by atoms with Crippen LogP contribution in [0.2, 0.25) is 0 Å². The summed E-state index contributed by atoms with van der Waals surface area (Å²) in [4.78, 5) is 14.4. The molecule has 0 spiro atoms. The van der Waals surface area contributed by atoms with Crippen LogP contribution in [0.1, 0.15) is 42.1 Å². The van der Waals surface area contributed by atoms with Crippen LogP contribution < -0.4 is 0 Å². The zero-order valence-electron chi connectivity index (χ0n) is 14.0. The first-order valence-electron chi connectivity index (χ1n) is 8.43. The number of carbonyl (C=O) groups is 1. The Hall–Kier alpha value is -2.48. The minimum Gasteiger partial charge on any atom is -0.420 e. The molecule has 0 N–H and O–H groups in total. The average molecular weight is 357 g/mol. The fraction of sp³-hybridized carbons (Fsp3) is 0.412. The van der Waals surface area contributed by atoms with Gasteiger partial charge in [-0.1, -0.05) is 0 Å². The number of carbonyl (C=O) groups excluding carboxylic acids is 1. The highest BCUT2D eigenvalue weighted by molar-refractivity contribution is 7.08. The number of likely N-dealkylation sites (tertiary alicyclic amines) is 1. The molecule has 4 rings (SSSR count). The van der Waals surface area contributed by atoms with Crippen molar-refractivity contribution in [2.75, 3.05) is 13.1 Å². The molecule has 0 aromatic carbocycles. The number of hydrogen-bond acceptors (Lipinski definition) is 6. The summed E-state index contributed by atoms with van der Waals surface area (Å²) in [5, 5.41) is 16.6. The molecule has 7 nitrogen and oxygen atoms in total. The smallest absolute Gasteiger partial charge is 0.274 e. The van der Waals surface area contributed by atoms with Gasteiger partial charge in [0.15, 0.2) is 0 Å². The molecule has 25 heavy (non-hydrogen) atoms. The molecular formula is C17H19N5O2S. The number of aromatic nitrogens is 4. The summed E-state index contributed by atoms with van der Waals surface area (Å²) in [5.74, 6) is 1.44. The molecule has 3 aromatic heterocycles. The SMILES string of the molecule is CCn1ccc(C(=O)N2CCC(c3nnc(-c4ccsc4)o3)CC2)n1. The molecule has 0 atom stereocenters. The molecule has 1 saturated heterocycles. The number of thiophene rings is 1. The van der Waals surface area contributed by atoms with E-state index < -0.39 is 0 Å². The Bertz CT molecular complexity index is 846. The number of hydrogen-bond donors (Lipinski definition) is 0. The molecule has 8 heteroatoms. The van der Waals surface area contributed by atoms with Gasteiger partial charge in [0.1, 0.15) is 5.69 Å². The largest absolute Gasteiger partial charge is 0.420 e. The van der Waals surface area contributed by atoms with Gasteiger partial charge in [0, 0.05) is 42.7 Å². The lowest BCUT2D eigenvalue weighted by Gasteiger charge is -2.29. The van der Waals surface area contributed by atoms with E-state index in [2.05, 4.69) is 15.3 Å². The Kier molecular flexibility index (Phi) is 4.35. The van der Waals surface area contributed by atoms with Crippen molar-refractivity contribution < 1.29 is 9.21 Å². The van der Waals surface area contributed by atoms with E-state index >= 15 is 0 Å². The fourth-order valence-electron chi connectivity index (χ4n) is 3.05. The van der Waals surface area contributed by atoms with Crippen molar-refractivity contribution in [1.29, 1.82) is 0 Å². The van der Waals surface area contributed by atoms with E-state index in [0.717, 1.165) is 24.9 Å². The monoisotopic (exact) mass is 357 g/mol.